The third-order valence-corrected chi connectivity index (χ3v) is 2.93. The Morgan fingerprint density at radius 2 is 1.88 bits per heavy atom. The van der Waals surface area contributed by atoms with Gasteiger partial charge in [0.05, 0.1) is 6.61 Å². The van der Waals surface area contributed by atoms with Gasteiger partial charge in [-0.2, -0.15) is 0 Å². The molecule has 0 saturated carbocycles. The topological polar surface area (TPSA) is 47.3 Å². The highest BCUT2D eigenvalue weighted by Gasteiger charge is 2.11. The minimum atomic E-state index is 0.223. The molecular weight excluding hydrogens is 212 g/mol. The van der Waals surface area contributed by atoms with Gasteiger partial charge < -0.3 is 15.8 Å². The molecule has 0 heterocycles. The lowest BCUT2D eigenvalue weighted by Gasteiger charge is -2.21. The highest BCUT2D eigenvalue weighted by atomic mass is 16.5. The number of ether oxygens (including phenoxy) is 1. The molecule has 3 nitrogen and oxygen atoms in total. The zero-order valence-electron chi connectivity index (χ0n) is 11.1. The van der Waals surface area contributed by atoms with E-state index < -0.39 is 0 Å². The summed E-state index contributed by atoms with van der Waals surface area (Å²) in [6, 6.07) is 8.87. The summed E-state index contributed by atoms with van der Waals surface area (Å²) in [6.45, 7) is 7.64. The second kappa shape index (κ2) is 7.30. The number of hydrogen-bond donors (Lipinski definition) is 2. The summed E-state index contributed by atoms with van der Waals surface area (Å²) < 4.78 is 5.42. The number of rotatable bonds is 7. The van der Waals surface area contributed by atoms with Crippen LogP contribution in [0.1, 0.15) is 38.8 Å². The van der Waals surface area contributed by atoms with Crippen molar-refractivity contribution in [3.8, 4) is 5.75 Å². The van der Waals surface area contributed by atoms with Crippen LogP contribution in [0.3, 0.4) is 0 Å². The van der Waals surface area contributed by atoms with Crippen molar-refractivity contribution in [2.24, 2.45) is 5.73 Å². The molecule has 0 aliphatic carbocycles. The van der Waals surface area contributed by atoms with Gasteiger partial charge in [0.2, 0.25) is 0 Å². The molecule has 2 atom stereocenters. The summed E-state index contributed by atoms with van der Waals surface area (Å²) in [5.41, 5.74) is 7.03. The van der Waals surface area contributed by atoms with Crippen LogP contribution in [-0.4, -0.2) is 19.2 Å². The monoisotopic (exact) mass is 236 g/mol. The fraction of sp³-hybridized carbons (Fsp3) is 0.571. The van der Waals surface area contributed by atoms with Gasteiger partial charge in [0.15, 0.2) is 0 Å². The molecule has 0 aromatic heterocycles. The molecule has 0 radical (unpaired) electrons. The van der Waals surface area contributed by atoms with Gasteiger partial charge in [0.25, 0.3) is 0 Å². The normalized spacial score (nSPS) is 14.4. The van der Waals surface area contributed by atoms with Crippen molar-refractivity contribution in [1.82, 2.24) is 5.32 Å². The first-order valence-corrected chi connectivity index (χ1v) is 6.40. The third-order valence-electron chi connectivity index (χ3n) is 2.93. The first-order chi connectivity index (χ1) is 8.21. The Morgan fingerprint density at radius 1 is 1.24 bits per heavy atom. The van der Waals surface area contributed by atoms with Gasteiger partial charge in [0, 0.05) is 18.6 Å². The van der Waals surface area contributed by atoms with Crippen LogP contribution >= 0.6 is 0 Å². The van der Waals surface area contributed by atoms with Gasteiger partial charge in [-0.15, -0.1) is 0 Å². The van der Waals surface area contributed by atoms with Crippen LogP contribution in [0.25, 0.3) is 0 Å². The molecule has 0 fully saturated rings. The summed E-state index contributed by atoms with van der Waals surface area (Å²) in [4.78, 5) is 0. The molecule has 1 aromatic rings. The molecule has 17 heavy (non-hydrogen) atoms. The molecule has 0 bridgehead atoms. The molecule has 96 valence electrons. The number of nitrogens with one attached hydrogen (secondary N) is 1. The van der Waals surface area contributed by atoms with Gasteiger partial charge in [-0.1, -0.05) is 19.1 Å². The van der Waals surface area contributed by atoms with E-state index in [2.05, 4.69) is 31.3 Å². The van der Waals surface area contributed by atoms with E-state index in [-0.39, 0.29) is 6.04 Å². The highest BCUT2D eigenvalue weighted by Crippen LogP contribution is 2.18. The van der Waals surface area contributed by atoms with E-state index in [0.29, 0.717) is 19.2 Å². The van der Waals surface area contributed by atoms with Gasteiger partial charge in [-0.3, -0.25) is 0 Å². The first-order valence-electron chi connectivity index (χ1n) is 6.40. The fourth-order valence-electron chi connectivity index (χ4n) is 1.72. The van der Waals surface area contributed by atoms with Crippen LogP contribution in [0.2, 0.25) is 0 Å². The van der Waals surface area contributed by atoms with Gasteiger partial charge >= 0.3 is 0 Å². The van der Waals surface area contributed by atoms with Gasteiger partial charge in [0.1, 0.15) is 5.75 Å². The lowest BCUT2D eigenvalue weighted by atomic mass is 10.1. The maximum absolute atomic E-state index is 5.81. The molecular formula is C14H24N2O. The summed E-state index contributed by atoms with van der Waals surface area (Å²) in [5.74, 6) is 0.913. The van der Waals surface area contributed by atoms with Gasteiger partial charge in [-0.05, 0) is 38.0 Å². The molecule has 1 rings (SSSR count). The highest BCUT2D eigenvalue weighted by molar-refractivity contribution is 5.29. The zero-order chi connectivity index (χ0) is 12.7. The van der Waals surface area contributed by atoms with Crippen molar-refractivity contribution in [2.75, 3.05) is 13.2 Å². The quantitative estimate of drug-likeness (QED) is 0.764. The average molecular weight is 236 g/mol. The maximum atomic E-state index is 5.81. The summed E-state index contributed by atoms with van der Waals surface area (Å²) in [6.07, 6.45) is 1.10. The molecule has 3 N–H and O–H groups in total. The average Bonchev–Trinajstić information content (AvgIpc) is 2.37. The predicted octanol–water partition coefficient (Wildman–Crippen LogP) is 2.47. The van der Waals surface area contributed by atoms with Crippen molar-refractivity contribution in [3.05, 3.63) is 29.8 Å². The van der Waals surface area contributed by atoms with Gasteiger partial charge in [-0.25, -0.2) is 0 Å². The van der Waals surface area contributed by atoms with E-state index in [1.54, 1.807) is 0 Å². The van der Waals surface area contributed by atoms with Crippen molar-refractivity contribution in [3.63, 3.8) is 0 Å². The molecule has 2 unspecified atom stereocenters. The maximum Gasteiger partial charge on any atom is 0.119 e. The lowest BCUT2D eigenvalue weighted by molar-refractivity contribution is 0.340. The van der Waals surface area contributed by atoms with Crippen molar-refractivity contribution >= 4 is 0 Å². The van der Waals surface area contributed by atoms with E-state index in [4.69, 9.17) is 10.5 Å². The van der Waals surface area contributed by atoms with Crippen LogP contribution in [0.15, 0.2) is 24.3 Å². The summed E-state index contributed by atoms with van der Waals surface area (Å²) in [5, 5.41) is 3.52. The molecule has 1 aromatic carbocycles. The first kappa shape index (κ1) is 14.0. The van der Waals surface area contributed by atoms with Crippen molar-refractivity contribution in [2.45, 2.75) is 39.3 Å². The van der Waals surface area contributed by atoms with Crippen molar-refractivity contribution in [1.29, 1.82) is 0 Å². The molecule has 0 amide bonds. The van der Waals surface area contributed by atoms with Crippen LogP contribution < -0.4 is 15.8 Å². The van der Waals surface area contributed by atoms with E-state index in [1.165, 1.54) is 5.56 Å². The zero-order valence-corrected chi connectivity index (χ0v) is 11.1. The van der Waals surface area contributed by atoms with Crippen molar-refractivity contribution < 1.29 is 4.74 Å². The van der Waals surface area contributed by atoms with E-state index in [1.807, 2.05) is 19.1 Å². The summed E-state index contributed by atoms with van der Waals surface area (Å²) in [7, 11) is 0. The third kappa shape index (κ3) is 4.36. The number of benzene rings is 1. The molecule has 0 aliphatic rings. The van der Waals surface area contributed by atoms with Crippen LogP contribution in [0.5, 0.6) is 5.75 Å². The molecule has 3 heteroatoms. The smallest absolute Gasteiger partial charge is 0.119 e. The Morgan fingerprint density at radius 3 is 2.35 bits per heavy atom. The standard InChI is InChI=1S/C14H24N2O/c1-4-11(3)16-14(10-15)12-6-8-13(9-7-12)17-5-2/h6-9,11,14,16H,4-5,10,15H2,1-3H3. The molecule has 0 saturated heterocycles. The minimum Gasteiger partial charge on any atom is -0.494 e. The molecule has 0 spiro atoms. The second-order valence-corrected chi connectivity index (χ2v) is 4.27. The minimum absolute atomic E-state index is 0.223. The Balaban J connectivity index is 2.68. The summed E-state index contributed by atoms with van der Waals surface area (Å²) >= 11 is 0. The van der Waals surface area contributed by atoms with Crippen LogP contribution in [0.4, 0.5) is 0 Å². The Labute approximate surface area is 104 Å². The van der Waals surface area contributed by atoms with Crippen LogP contribution in [0, 0.1) is 0 Å². The van der Waals surface area contributed by atoms with E-state index >= 15 is 0 Å². The Bertz CT molecular complexity index is 311. The second-order valence-electron chi connectivity index (χ2n) is 4.27. The fourth-order valence-corrected chi connectivity index (χ4v) is 1.72. The largest absolute Gasteiger partial charge is 0.494 e. The Hall–Kier alpha value is -1.06. The Kier molecular flexibility index (Phi) is 6.01. The number of hydrogen-bond acceptors (Lipinski definition) is 3. The number of nitrogens with two attached hydrogens (primary N) is 1. The van der Waals surface area contributed by atoms with E-state index in [0.717, 1.165) is 12.2 Å². The lowest BCUT2D eigenvalue weighted by Crippen LogP contribution is -2.34. The SMILES string of the molecule is CCOc1ccc(C(CN)NC(C)CC)cc1. The van der Waals surface area contributed by atoms with E-state index in [9.17, 15) is 0 Å². The predicted molar refractivity (Wildman–Crippen MR) is 72.3 cm³/mol. The van der Waals surface area contributed by atoms with Crippen LogP contribution in [-0.2, 0) is 0 Å². The molecule has 0 aliphatic heterocycles.